The fourth-order valence-electron chi connectivity index (χ4n) is 0.975. The van der Waals surface area contributed by atoms with Crippen molar-refractivity contribution in [2.45, 2.75) is 13.3 Å². The third kappa shape index (κ3) is 2.05. The fourth-order valence-corrected chi connectivity index (χ4v) is 0.975. The number of amides is 1. The Bertz CT molecular complexity index is 236. The van der Waals surface area contributed by atoms with Gasteiger partial charge in [0, 0.05) is 24.6 Å². The van der Waals surface area contributed by atoms with Crippen LogP contribution in [0.15, 0.2) is 24.5 Å². The van der Waals surface area contributed by atoms with Gasteiger partial charge in [0.25, 0.3) is 0 Å². The van der Waals surface area contributed by atoms with Crippen molar-refractivity contribution in [1.29, 1.82) is 0 Å². The van der Waals surface area contributed by atoms with Gasteiger partial charge in [-0.3, -0.25) is 9.78 Å². The van der Waals surface area contributed by atoms with Crippen LogP contribution in [0.5, 0.6) is 0 Å². The molecule has 0 aromatic carbocycles. The largest absolute Gasteiger partial charge is 0.316 e. The van der Waals surface area contributed by atoms with E-state index in [2.05, 4.69) is 4.98 Å². The third-order valence-electron chi connectivity index (χ3n) is 1.53. The molecule has 0 atom stereocenters. The number of nitrogens with zero attached hydrogens (tertiary/aromatic N) is 2. The number of hydrogen-bond donors (Lipinski definition) is 0. The highest BCUT2D eigenvalue weighted by Gasteiger charge is 2.02. The standard InChI is InChI=1S/C9H11N2O/c1-2-7-11(8-12)9-3-5-10-6-4-9/h3-6H,2,7H2,1H3. The average Bonchev–Trinajstić information content (AvgIpc) is 2.15. The van der Waals surface area contributed by atoms with Crippen LogP contribution in [-0.4, -0.2) is 17.9 Å². The van der Waals surface area contributed by atoms with Gasteiger partial charge in [-0.25, -0.2) is 0 Å². The van der Waals surface area contributed by atoms with Crippen LogP contribution >= 0.6 is 0 Å². The van der Waals surface area contributed by atoms with Crippen LogP contribution < -0.4 is 4.90 Å². The molecular formula is C9H11N2O. The molecule has 1 aromatic rings. The van der Waals surface area contributed by atoms with E-state index in [-0.39, 0.29) is 0 Å². The molecule has 0 N–H and O–H groups in total. The van der Waals surface area contributed by atoms with Gasteiger partial charge in [0.05, 0.1) is 0 Å². The topological polar surface area (TPSA) is 33.2 Å². The van der Waals surface area contributed by atoms with Crippen LogP contribution in [0.25, 0.3) is 0 Å². The predicted molar refractivity (Wildman–Crippen MR) is 47.6 cm³/mol. The summed E-state index contributed by atoms with van der Waals surface area (Å²) >= 11 is 0. The second-order valence-corrected chi connectivity index (χ2v) is 2.45. The van der Waals surface area contributed by atoms with Gasteiger partial charge in [0.15, 0.2) is 0 Å². The summed E-state index contributed by atoms with van der Waals surface area (Å²) in [6.45, 7) is 2.72. The lowest BCUT2D eigenvalue weighted by molar-refractivity contribution is 0.550. The Hall–Kier alpha value is -1.38. The van der Waals surface area contributed by atoms with Crippen molar-refractivity contribution >= 4 is 12.1 Å². The van der Waals surface area contributed by atoms with Gasteiger partial charge < -0.3 is 4.90 Å². The smallest absolute Gasteiger partial charge is 0.304 e. The molecule has 1 radical (unpaired) electrons. The summed E-state index contributed by atoms with van der Waals surface area (Å²) in [6.07, 6.45) is 6.13. The molecule has 0 aliphatic rings. The maximum Gasteiger partial charge on any atom is 0.316 e. The molecule has 0 unspecified atom stereocenters. The number of anilines is 1. The molecule has 1 rings (SSSR count). The van der Waals surface area contributed by atoms with Crippen molar-refractivity contribution in [1.82, 2.24) is 4.98 Å². The second kappa shape index (κ2) is 4.49. The Morgan fingerprint density at radius 2 is 2.17 bits per heavy atom. The van der Waals surface area contributed by atoms with Crippen molar-refractivity contribution in [3.63, 3.8) is 0 Å². The fraction of sp³-hybridized carbons (Fsp3) is 0.333. The van der Waals surface area contributed by atoms with Crippen molar-refractivity contribution in [2.24, 2.45) is 0 Å². The van der Waals surface area contributed by atoms with Crippen LogP contribution in [0.1, 0.15) is 13.3 Å². The molecule has 1 heterocycles. The first-order chi connectivity index (χ1) is 5.88. The molecule has 0 fully saturated rings. The molecule has 3 heteroatoms. The van der Waals surface area contributed by atoms with E-state index >= 15 is 0 Å². The molecule has 1 amide bonds. The van der Waals surface area contributed by atoms with Gasteiger partial charge in [-0.05, 0) is 18.6 Å². The molecular weight excluding hydrogens is 152 g/mol. The zero-order chi connectivity index (χ0) is 8.81. The maximum absolute atomic E-state index is 10.5. The summed E-state index contributed by atoms with van der Waals surface area (Å²) < 4.78 is 0. The lowest BCUT2D eigenvalue weighted by Crippen LogP contribution is -2.21. The van der Waals surface area contributed by atoms with Gasteiger partial charge >= 0.3 is 6.41 Å². The average molecular weight is 163 g/mol. The second-order valence-electron chi connectivity index (χ2n) is 2.45. The minimum atomic E-state index is 0.702. The van der Waals surface area contributed by atoms with Crippen LogP contribution in [0.2, 0.25) is 0 Å². The van der Waals surface area contributed by atoms with E-state index in [4.69, 9.17) is 0 Å². The zero-order valence-electron chi connectivity index (χ0n) is 7.03. The lowest BCUT2D eigenvalue weighted by Gasteiger charge is -2.13. The first kappa shape index (κ1) is 8.71. The first-order valence-electron chi connectivity index (χ1n) is 3.94. The van der Waals surface area contributed by atoms with Gasteiger partial charge in [0.1, 0.15) is 0 Å². The number of rotatable bonds is 4. The van der Waals surface area contributed by atoms with Crippen molar-refractivity contribution in [3.05, 3.63) is 24.5 Å². The van der Waals surface area contributed by atoms with E-state index in [0.29, 0.717) is 6.54 Å². The zero-order valence-corrected chi connectivity index (χ0v) is 7.03. The maximum atomic E-state index is 10.5. The number of aromatic nitrogens is 1. The number of carbonyl (C=O) groups excluding carboxylic acids is 1. The quantitative estimate of drug-likeness (QED) is 0.628. The minimum Gasteiger partial charge on any atom is -0.304 e. The van der Waals surface area contributed by atoms with Crippen molar-refractivity contribution in [3.8, 4) is 0 Å². The van der Waals surface area contributed by atoms with Gasteiger partial charge in [0.2, 0.25) is 0 Å². The highest BCUT2D eigenvalue weighted by molar-refractivity contribution is 5.75. The molecule has 1 aromatic heterocycles. The number of pyridine rings is 1. The van der Waals surface area contributed by atoms with Gasteiger partial charge in [-0.1, -0.05) is 6.92 Å². The predicted octanol–water partition coefficient (Wildman–Crippen LogP) is 1.37. The van der Waals surface area contributed by atoms with Crippen LogP contribution in [0, 0.1) is 0 Å². The lowest BCUT2D eigenvalue weighted by atomic mass is 10.3. The Morgan fingerprint density at radius 3 is 2.67 bits per heavy atom. The van der Waals surface area contributed by atoms with Gasteiger partial charge in [-0.2, -0.15) is 0 Å². The molecule has 0 saturated carbocycles. The summed E-state index contributed by atoms with van der Waals surface area (Å²) in [4.78, 5) is 15.9. The monoisotopic (exact) mass is 163 g/mol. The van der Waals surface area contributed by atoms with Crippen molar-refractivity contribution < 1.29 is 4.79 Å². The molecule has 63 valence electrons. The van der Waals surface area contributed by atoms with E-state index in [0.717, 1.165) is 12.1 Å². The Balaban J connectivity index is 2.73. The van der Waals surface area contributed by atoms with Crippen LogP contribution in [0.3, 0.4) is 0 Å². The van der Waals surface area contributed by atoms with E-state index < -0.39 is 0 Å². The highest BCUT2D eigenvalue weighted by Crippen LogP contribution is 2.09. The summed E-state index contributed by atoms with van der Waals surface area (Å²) in [5.41, 5.74) is 0.849. The Labute approximate surface area is 72.0 Å². The van der Waals surface area contributed by atoms with E-state index in [1.165, 1.54) is 0 Å². The third-order valence-corrected chi connectivity index (χ3v) is 1.53. The summed E-state index contributed by atoms with van der Waals surface area (Å²) in [5, 5.41) is 0. The SMILES string of the molecule is CCCN([C]=O)c1ccncc1. The molecule has 0 bridgehead atoms. The van der Waals surface area contributed by atoms with Gasteiger partial charge in [-0.15, -0.1) is 0 Å². The normalized spacial score (nSPS) is 9.42. The molecule has 0 spiro atoms. The van der Waals surface area contributed by atoms with Crippen LogP contribution in [0.4, 0.5) is 5.69 Å². The van der Waals surface area contributed by atoms with E-state index in [1.807, 2.05) is 13.3 Å². The van der Waals surface area contributed by atoms with E-state index in [1.54, 1.807) is 29.4 Å². The molecule has 12 heavy (non-hydrogen) atoms. The van der Waals surface area contributed by atoms with Crippen molar-refractivity contribution in [2.75, 3.05) is 11.4 Å². The summed E-state index contributed by atoms with van der Waals surface area (Å²) in [5.74, 6) is 0. The van der Waals surface area contributed by atoms with Crippen LogP contribution in [-0.2, 0) is 4.79 Å². The molecule has 3 nitrogen and oxygen atoms in total. The Kier molecular flexibility index (Phi) is 3.26. The van der Waals surface area contributed by atoms with E-state index in [9.17, 15) is 4.79 Å². The first-order valence-corrected chi connectivity index (χ1v) is 3.94. The highest BCUT2D eigenvalue weighted by atomic mass is 16.1. The molecule has 0 aliphatic heterocycles. The number of hydrogen-bond acceptors (Lipinski definition) is 2. The summed E-state index contributed by atoms with van der Waals surface area (Å²) in [6, 6.07) is 3.58. The molecule has 0 saturated heterocycles. The summed E-state index contributed by atoms with van der Waals surface area (Å²) in [7, 11) is 0. The minimum absolute atomic E-state index is 0.702. The molecule has 0 aliphatic carbocycles. The Morgan fingerprint density at radius 1 is 1.50 bits per heavy atom.